The molecule has 0 aromatic carbocycles. The van der Waals surface area contributed by atoms with Crippen molar-refractivity contribution in [1.82, 2.24) is 4.72 Å². The minimum absolute atomic E-state index is 1.23. The highest BCUT2D eigenvalue weighted by atomic mass is 32.2. The third kappa shape index (κ3) is 5.45. The van der Waals surface area contributed by atoms with E-state index in [0.717, 1.165) is 0 Å². The first kappa shape index (κ1) is 7.45. The van der Waals surface area contributed by atoms with Gasteiger partial charge in [0.25, 0.3) is 11.3 Å². The maximum atomic E-state index is 9.77. The summed E-state index contributed by atoms with van der Waals surface area (Å²) in [5.41, 5.74) is 0. The molecule has 1 unspecified atom stereocenters. The summed E-state index contributed by atoms with van der Waals surface area (Å²) in [6, 6.07) is 0. The molecule has 0 saturated heterocycles. The van der Waals surface area contributed by atoms with Crippen LogP contribution < -0.4 is 4.72 Å². The minimum Gasteiger partial charge on any atom is -0.503 e. The lowest BCUT2D eigenvalue weighted by Crippen LogP contribution is -2.06. The minimum atomic E-state index is -1.98. The van der Waals surface area contributed by atoms with Gasteiger partial charge in [-0.1, -0.05) is 0 Å². The lowest BCUT2D eigenvalue weighted by atomic mass is 11.0. The second kappa shape index (κ2) is 4.61. The quantitative estimate of drug-likeness (QED) is 0.419. The van der Waals surface area contributed by atoms with Crippen LogP contribution >= 0.6 is 0 Å². The molecule has 0 aliphatic rings. The summed E-state index contributed by atoms with van der Waals surface area (Å²) in [4.78, 5) is 0. The molecule has 0 aromatic rings. The molecule has 2 N–H and O–H groups in total. The molecule has 0 radical (unpaired) electrons. The Morgan fingerprint density at radius 2 is 2.50 bits per heavy atom. The molecular formula is C3H7NO3S. The zero-order valence-corrected chi connectivity index (χ0v) is 5.14. The first-order valence-electron chi connectivity index (χ1n) is 1.82. The smallest absolute Gasteiger partial charge is 0.258 e. The van der Waals surface area contributed by atoms with E-state index in [4.69, 9.17) is 4.55 Å². The van der Waals surface area contributed by atoms with Crippen LogP contribution in [0, 0.1) is 0 Å². The van der Waals surface area contributed by atoms with Crippen molar-refractivity contribution in [3.63, 3.8) is 0 Å². The van der Waals surface area contributed by atoms with E-state index in [0.29, 0.717) is 0 Å². The van der Waals surface area contributed by atoms with Gasteiger partial charge in [-0.3, -0.25) is 9.27 Å². The van der Waals surface area contributed by atoms with Crippen LogP contribution in [0.1, 0.15) is 0 Å². The molecule has 48 valence electrons. The lowest BCUT2D eigenvalue weighted by molar-refractivity contribution is 0.336. The average molecular weight is 137 g/mol. The van der Waals surface area contributed by atoms with Crippen molar-refractivity contribution in [3.8, 4) is 0 Å². The van der Waals surface area contributed by atoms with Gasteiger partial charge in [0.15, 0.2) is 0 Å². The second-order valence-corrected chi connectivity index (χ2v) is 1.64. The van der Waals surface area contributed by atoms with Gasteiger partial charge >= 0.3 is 0 Å². The molecule has 0 amide bonds. The van der Waals surface area contributed by atoms with Crippen molar-refractivity contribution in [2.75, 3.05) is 7.11 Å². The molecule has 8 heavy (non-hydrogen) atoms. The Balaban J connectivity index is 3.16. The first-order valence-corrected chi connectivity index (χ1v) is 2.93. The van der Waals surface area contributed by atoms with Crippen molar-refractivity contribution >= 4 is 11.3 Å². The summed E-state index contributed by atoms with van der Waals surface area (Å²) in [6.07, 6.45) is 2.49. The highest BCUT2D eigenvalue weighted by Crippen LogP contribution is 1.67. The normalized spacial score (nSPS) is 13.8. The zero-order chi connectivity index (χ0) is 6.41. The van der Waals surface area contributed by atoms with Gasteiger partial charge in [0.05, 0.1) is 13.4 Å². The van der Waals surface area contributed by atoms with Crippen LogP contribution in [0.3, 0.4) is 0 Å². The highest BCUT2D eigenvalue weighted by Gasteiger charge is 1.78. The van der Waals surface area contributed by atoms with Crippen LogP contribution in [0.5, 0.6) is 0 Å². The van der Waals surface area contributed by atoms with Gasteiger partial charge in [0, 0.05) is 6.20 Å². The zero-order valence-electron chi connectivity index (χ0n) is 4.33. The molecule has 0 fully saturated rings. The second-order valence-electron chi connectivity index (χ2n) is 0.905. The molecule has 5 heteroatoms. The van der Waals surface area contributed by atoms with Crippen LogP contribution in [0.4, 0.5) is 0 Å². The van der Waals surface area contributed by atoms with Crippen molar-refractivity contribution in [1.29, 1.82) is 0 Å². The maximum absolute atomic E-state index is 9.77. The van der Waals surface area contributed by atoms with Crippen molar-refractivity contribution < 1.29 is 13.5 Å². The number of rotatable bonds is 3. The monoisotopic (exact) mass is 137 g/mol. The molecular weight excluding hydrogens is 130 g/mol. The van der Waals surface area contributed by atoms with E-state index < -0.39 is 11.3 Å². The number of ether oxygens (including phenoxy) is 1. The summed E-state index contributed by atoms with van der Waals surface area (Å²) < 4.78 is 24.3. The fraction of sp³-hybridized carbons (Fsp3) is 0.333. The molecule has 0 aliphatic heterocycles. The van der Waals surface area contributed by atoms with E-state index in [1.165, 1.54) is 19.6 Å². The highest BCUT2D eigenvalue weighted by molar-refractivity contribution is 7.77. The number of nitrogens with one attached hydrogen (secondary N) is 1. The molecule has 0 saturated carbocycles. The summed E-state index contributed by atoms with van der Waals surface area (Å²) >= 11 is -1.98. The number of methoxy groups -OCH3 is 1. The van der Waals surface area contributed by atoms with Crippen molar-refractivity contribution in [2.24, 2.45) is 0 Å². The third-order valence-electron chi connectivity index (χ3n) is 0.373. The number of hydrogen-bond donors (Lipinski definition) is 2. The topological polar surface area (TPSA) is 58.6 Å². The summed E-state index contributed by atoms with van der Waals surface area (Å²) in [6.45, 7) is 0. The molecule has 0 spiro atoms. The fourth-order valence-electron chi connectivity index (χ4n) is 0.154. The molecule has 0 heterocycles. The predicted octanol–water partition coefficient (Wildman–Crippen LogP) is -0.170. The van der Waals surface area contributed by atoms with Crippen LogP contribution in [0.2, 0.25) is 0 Å². The SMILES string of the molecule is COC=CNS(=O)O. The first-order chi connectivity index (χ1) is 3.77. The van der Waals surface area contributed by atoms with E-state index in [1.54, 1.807) is 0 Å². The molecule has 0 aromatic heterocycles. The van der Waals surface area contributed by atoms with Crippen molar-refractivity contribution in [2.45, 2.75) is 0 Å². The summed E-state index contributed by atoms with van der Waals surface area (Å²) in [5, 5.41) is 0. The van der Waals surface area contributed by atoms with Gasteiger partial charge in [-0.2, -0.15) is 0 Å². The van der Waals surface area contributed by atoms with E-state index in [2.05, 4.69) is 9.46 Å². The Morgan fingerprint density at radius 3 is 2.88 bits per heavy atom. The molecule has 1 atom stereocenters. The Labute approximate surface area is 50.0 Å². The van der Waals surface area contributed by atoms with E-state index in [1.807, 2.05) is 0 Å². The third-order valence-corrected chi connectivity index (χ3v) is 0.711. The number of hydrogen-bond acceptors (Lipinski definition) is 2. The standard InChI is InChI=1S/C3H7NO3S/c1-7-3-2-4-8(5)6/h2-4H,1H3,(H,5,6). The van der Waals surface area contributed by atoms with E-state index in [9.17, 15) is 4.21 Å². The van der Waals surface area contributed by atoms with Gasteiger partial charge in [-0.25, -0.2) is 4.21 Å². The van der Waals surface area contributed by atoms with E-state index in [-0.39, 0.29) is 0 Å². The summed E-state index contributed by atoms with van der Waals surface area (Å²) in [5.74, 6) is 0. The van der Waals surface area contributed by atoms with Crippen LogP contribution in [0.15, 0.2) is 12.5 Å². The predicted molar refractivity (Wildman–Crippen MR) is 30.1 cm³/mol. The van der Waals surface area contributed by atoms with Gasteiger partial charge < -0.3 is 4.74 Å². The Kier molecular flexibility index (Phi) is 4.29. The Morgan fingerprint density at radius 1 is 1.88 bits per heavy atom. The summed E-state index contributed by atoms with van der Waals surface area (Å²) in [7, 11) is 1.44. The maximum Gasteiger partial charge on any atom is 0.258 e. The Hall–Kier alpha value is -0.550. The van der Waals surface area contributed by atoms with Gasteiger partial charge in [0.1, 0.15) is 0 Å². The largest absolute Gasteiger partial charge is 0.503 e. The van der Waals surface area contributed by atoms with Gasteiger partial charge in [-0.05, 0) is 0 Å². The van der Waals surface area contributed by atoms with Crippen LogP contribution in [-0.4, -0.2) is 15.9 Å². The van der Waals surface area contributed by atoms with Gasteiger partial charge in [0.2, 0.25) is 0 Å². The average Bonchev–Trinajstić information content (AvgIpc) is 1.66. The Bertz CT molecular complexity index is 103. The van der Waals surface area contributed by atoms with Crippen LogP contribution in [-0.2, 0) is 16.0 Å². The van der Waals surface area contributed by atoms with Crippen molar-refractivity contribution in [3.05, 3.63) is 12.5 Å². The van der Waals surface area contributed by atoms with E-state index >= 15 is 0 Å². The van der Waals surface area contributed by atoms with Gasteiger partial charge in [-0.15, -0.1) is 0 Å². The molecule has 0 bridgehead atoms. The van der Waals surface area contributed by atoms with Crippen LogP contribution in [0.25, 0.3) is 0 Å². The molecule has 0 rings (SSSR count). The lowest BCUT2D eigenvalue weighted by Gasteiger charge is -1.88. The fourth-order valence-corrected chi connectivity index (χ4v) is 0.326. The molecule has 0 aliphatic carbocycles. The molecule has 4 nitrogen and oxygen atoms in total.